The quantitative estimate of drug-likeness (QED) is 0.252. The Bertz CT molecular complexity index is 1970. The second-order valence-corrected chi connectivity index (χ2v) is 8.79. The Hall–Kier alpha value is -5.65. The number of aromatic amines is 1. The molecule has 41 heavy (non-hydrogen) atoms. The largest absolute Gasteiger partial charge is 0.573 e. The first kappa shape index (κ1) is 25.6. The van der Waals surface area contributed by atoms with Crippen LogP contribution in [0.3, 0.4) is 0 Å². The number of pyridine rings is 3. The van der Waals surface area contributed by atoms with Gasteiger partial charge in [0.15, 0.2) is 0 Å². The number of alkyl halides is 3. The standard InChI is InChI=1S/C29H18F3N5O4/c30-29(31,32)41-21-5-1-4-19(16-21)37-26-17(3-2-12-35-26)15-23(28(37)39)27(38)36-18-6-8-20(9-7-18)40-24-11-14-34-25-22(24)10-13-33-25/h1-16H,(H,33,34)(H,36,38). The summed E-state index contributed by atoms with van der Waals surface area (Å²) in [6, 6.07) is 19.6. The second kappa shape index (κ2) is 10.2. The number of aromatic nitrogens is 4. The third-order valence-electron chi connectivity index (χ3n) is 6.08. The van der Waals surface area contributed by atoms with E-state index in [0.717, 1.165) is 22.1 Å². The number of nitrogens with zero attached hydrogens (tertiary/aromatic N) is 3. The zero-order valence-electron chi connectivity index (χ0n) is 20.8. The number of H-pyrrole nitrogens is 1. The highest BCUT2D eigenvalue weighted by atomic mass is 19.4. The van der Waals surface area contributed by atoms with Crippen molar-refractivity contribution in [2.75, 3.05) is 5.32 Å². The summed E-state index contributed by atoms with van der Waals surface area (Å²) < 4.78 is 49.4. The molecule has 0 unspecified atom stereocenters. The minimum atomic E-state index is -4.92. The molecule has 0 aliphatic carbocycles. The lowest BCUT2D eigenvalue weighted by Gasteiger charge is -2.14. The van der Waals surface area contributed by atoms with Gasteiger partial charge in [0.25, 0.3) is 11.5 Å². The molecule has 0 saturated heterocycles. The highest BCUT2D eigenvalue weighted by Gasteiger charge is 2.31. The Balaban J connectivity index is 1.30. The molecule has 4 aromatic heterocycles. The molecule has 9 nitrogen and oxygen atoms in total. The van der Waals surface area contributed by atoms with Crippen LogP contribution in [-0.4, -0.2) is 31.8 Å². The predicted octanol–water partition coefficient (Wildman–Crippen LogP) is 6.21. The molecule has 0 spiro atoms. The highest BCUT2D eigenvalue weighted by molar-refractivity contribution is 6.05. The number of carbonyl (C=O) groups excluding carboxylic acids is 1. The highest BCUT2D eigenvalue weighted by Crippen LogP contribution is 2.29. The van der Waals surface area contributed by atoms with E-state index in [4.69, 9.17) is 4.74 Å². The number of amides is 1. The molecule has 6 rings (SSSR count). The van der Waals surface area contributed by atoms with Gasteiger partial charge in [-0.05, 0) is 66.7 Å². The normalized spacial score (nSPS) is 11.5. The second-order valence-electron chi connectivity index (χ2n) is 8.79. The fourth-order valence-corrected chi connectivity index (χ4v) is 4.32. The molecule has 0 radical (unpaired) electrons. The van der Waals surface area contributed by atoms with Crippen LogP contribution >= 0.6 is 0 Å². The van der Waals surface area contributed by atoms with Crippen molar-refractivity contribution in [1.29, 1.82) is 0 Å². The van der Waals surface area contributed by atoms with Gasteiger partial charge in [-0.2, -0.15) is 0 Å². The maximum atomic E-state index is 13.5. The average Bonchev–Trinajstić information content (AvgIpc) is 3.43. The number of rotatable bonds is 6. The molecule has 0 fully saturated rings. The molecule has 4 heterocycles. The summed E-state index contributed by atoms with van der Waals surface area (Å²) in [5.41, 5.74) is 0.270. The number of hydrogen-bond acceptors (Lipinski definition) is 6. The zero-order valence-corrected chi connectivity index (χ0v) is 20.8. The van der Waals surface area contributed by atoms with Crippen molar-refractivity contribution in [1.82, 2.24) is 19.5 Å². The molecular weight excluding hydrogens is 539 g/mol. The van der Waals surface area contributed by atoms with E-state index in [0.29, 0.717) is 28.2 Å². The summed E-state index contributed by atoms with van der Waals surface area (Å²) in [5, 5.41) is 3.92. The van der Waals surface area contributed by atoms with Crippen LogP contribution in [0.5, 0.6) is 17.2 Å². The summed E-state index contributed by atoms with van der Waals surface area (Å²) >= 11 is 0. The van der Waals surface area contributed by atoms with Gasteiger partial charge in [0, 0.05) is 35.7 Å². The van der Waals surface area contributed by atoms with Crippen molar-refractivity contribution >= 4 is 33.7 Å². The van der Waals surface area contributed by atoms with Crippen molar-refractivity contribution in [3.05, 3.63) is 113 Å². The molecule has 2 aromatic carbocycles. The van der Waals surface area contributed by atoms with Crippen LogP contribution < -0.4 is 20.3 Å². The Morgan fingerprint density at radius 2 is 1.73 bits per heavy atom. The van der Waals surface area contributed by atoms with E-state index < -0.39 is 23.6 Å². The van der Waals surface area contributed by atoms with E-state index in [9.17, 15) is 22.8 Å². The van der Waals surface area contributed by atoms with Gasteiger partial charge < -0.3 is 19.8 Å². The number of benzene rings is 2. The molecule has 204 valence electrons. The number of carbonyl (C=O) groups is 1. The molecule has 0 aliphatic heterocycles. The lowest BCUT2D eigenvalue weighted by Crippen LogP contribution is -2.29. The maximum Gasteiger partial charge on any atom is 0.573 e. The molecule has 0 saturated carbocycles. The number of nitrogens with one attached hydrogen (secondary N) is 2. The van der Waals surface area contributed by atoms with Gasteiger partial charge in [-0.1, -0.05) is 6.07 Å². The summed E-state index contributed by atoms with van der Waals surface area (Å²) in [7, 11) is 0. The summed E-state index contributed by atoms with van der Waals surface area (Å²) in [5.74, 6) is -0.124. The summed E-state index contributed by atoms with van der Waals surface area (Å²) in [6.07, 6.45) is -0.106. The van der Waals surface area contributed by atoms with E-state index in [2.05, 4.69) is 25.0 Å². The fraction of sp³-hybridized carbons (Fsp3) is 0.0345. The molecule has 6 aromatic rings. The van der Waals surface area contributed by atoms with Gasteiger partial charge in [0.1, 0.15) is 34.1 Å². The van der Waals surface area contributed by atoms with Gasteiger partial charge in [-0.25, -0.2) is 9.97 Å². The van der Waals surface area contributed by atoms with Crippen molar-refractivity contribution in [3.8, 4) is 22.9 Å². The van der Waals surface area contributed by atoms with Crippen molar-refractivity contribution < 1.29 is 27.4 Å². The van der Waals surface area contributed by atoms with Crippen LogP contribution in [0, 0.1) is 0 Å². The van der Waals surface area contributed by atoms with Crippen molar-refractivity contribution in [3.63, 3.8) is 0 Å². The van der Waals surface area contributed by atoms with E-state index in [-0.39, 0.29) is 16.9 Å². The Morgan fingerprint density at radius 3 is 2.54 bits per heavy atom. The Labute approximate surface area is 228 Å². The SMILES string of the molecule is O=C(Nc1ccc(Oc2ccnc3[nH]ccc23)cc1)c1cc2cccnc2n(-c2cccc(OC(F)(F)F)c2)c1=O. The first-order chi connectivity index (χ1) is 19.7. The van der Waals surface area contributed by atoms with E-state index >= 15 is 0 Å². The van der Waals surface area contributed by atoms with Gasteiger partial charge >= 0.3 is 6.36 Å². The van der Waals surface area contributed by atoms with Crippen LogP contribution in [0.4, 0.5) is 18.9 Å². The number of halogens is 3. The van der Waals surface area contributed by atoms with Crippen molar-refractivity contribution in [2.24, 2.45) is 0 Å². The monoisotopic (exact) mass is 557 g/mol. The van der Waals surface area contributed by atoms with Crippen LogP contribution in [0.25, 0.3) is 27.8 Å². The molecule has 2 N–H and O–H groups in total. The van der Waals surface area contributed by atoms with Crippen molar-refractivity contribution in [2.45, 2.75) is 6.36 Å². The molecular formula is C29H18F3N5O4. The lowest BCUT2D eigenvalue weighted by molar-refractivity contribution is -0.274. The Morgan fingerprint density at radius 1 is 0.902 bits per heavy atom. The van der Waals surface area contributed by atoms with E-state index in [1.807, 2.05) is 6.07 Å². The van der Waals surface area contributed by atoms with Crippen LogP contribution in [0.15, 0.2) is 102 Å². The fourth-order valence-electron chi connectivity index (χ4n) is 4.32. The number of fused-ring (bicyclic) bond motifs is 2. The molecule has 0 bridgehead atoms. The molecule has 0 atom stereocenters. The number of ether oxygens (including phenoxy) is 2. The number of hydrogen-bond donors (Lipinski definition) is 2. The maximum absolute atomic E-state index is 13.5. The summed E-state index contributed by atoms with van der Waals surface area (Å²) in [6.45, 7) is 0. The van der Waals surface area contributed by atoms with Gasteiger partial charge in [-0.15, -0.1) is 13.2 Å². The molecule has 12 heteroatoms. The smallest absolute Gasteiger partial charge is 0.457 e. The first-order valence-electron chi connectivity index (χ1n) is 12.1. The van der Waals surface area contributed by atoms with E-state index in [1.165, 1.54) is 24.4 Å². The van der Waals surface area contributed by atoms with E-state index in [1.54, 1.807) is 54.9 Å². The molecule has 0 aliphatic rings. The van der Waals surface area contributed by atoms with Crippen LogP contribution in [-0.2, 0) is 0 Å². The van der Waals surface area contributed by atoms with Crippen LogP contribution in [0.2, 0.25) is 0 Å². The third kappa shape index (κ3) is 5.30. The lowest BCUT2D eigenvalue weighted by atomic mass is 10.1. The number of anilines is 1. The minimum Gasteiger partial charge on any atom is -0.457 e. The topological polar surface area (TPSA) is 111 Å². The third-order valence-corrected chi connectivity index (χ3v) is 6.08. The first-order valence-corrected chi connectivity index (χ1v) is 12.1. The van der Waals surface area contributed by atoms with Gasteiger partial charge in [0.2, 0.25) is 0 Å². The Kier molecular flexibility index (Phi) is 6.34. The predicted molar refractivity (Wildman–Crippen MR) is 145 cm³/mol. The zero-order chi connectivity index (χ0) is 28.6. The van der Waals surface area contributed by atoms with Gasteiger partial charge in [-0.3, -0.25) is 14.2 Å². The molecule has 1 amide bonds. The average molecular weight is 557 g/mol. The van der Waals surface area contributed by atoms with Crippen LogP contribution in [0.1, 0.15) is 10.4 Å². The van der Waals surface area contributed by atoms with Gasteiger partial charge in [0.05, 0.1) is 11.1 Å². The minimum absolute atomic E-state index is 0.0456. The summed E-state index contributed by atoms with van der Waals surface area (Å²) in [4.78, 5) is 38.2.